The molecule has 0 amide bonds. The maximum Gasteiger partial charge on any atom is 0.573 e. The van der Waals surface area contributed by atoms with Gasteiger partial charge in [-0.3, -0.25) is 0 Å². The number of aliphatic hydroxyl groups excluding tert-OH is 1. The van der Waals surface area contributed by atoms with Crippen LogP contribution in [0.3, 0.4) is 0 Å². The highest BCUT2D eigenvalue weighted by molar-refractivity contribution is 5.56. The Morgan fingerprint density at radius 2 is 1.74 bits per heavy atom. The van der Waals surface area contributed by atoms with Gasteiger partial charge in [0.2, 0.25) is 0 Å². The largest absolute Gasteiger partial charge is 0.573 e. The average Bonchev–Trinajstić information content (AvgIpc) is 2.33. The van der Waals surface area contributed by atoms with Crippen LogP contribution in [0, 0.1) is 0 Å². The topological polar surface area (TPSA) is 41.5 Å². The lowest BCUT2D eigenvalue weighted by atomic mass is 9.93. The molecule has 1 aliphatic carbocycles. The zero-order chi connectivity index (χ0) is 13.9. The van der Waals surface area contributed by atoms with Gasteiger partial charge in [-0.15, -0.1) is 13.2 Å². The lowest BCUT2D eigenvalue weighted by molar-refractivity contribution is -0.274. The van der Waals surface area contributed by atoms with E-state index in [1.807, 2.05) is 0 Å². The van der Waals surface area contributed by atoms with E-state index < -0.39 is 6.36 Å². The highest BCUT2D eigenvalue weighted by Crippen LogP contribution is 2.32. The molecule has 106 valence electrons. The fourth-order valence-corrected chi connectivity index (χ4v) is 2.24. The first kappa shape index (κ1) is 14.0. The van der Waals surface area contributed by atoms with E-state index >= 15 is 0 Å². The van der Waals surface area contributed by atoms with Crippen molar-refractivity contribution in [2.75, 3.05) is 5.32 Å². The van der Waals surface area contributed by atoms with Gasteiger partial charge in [0.05, 0.1) is 11.8 Å². The van der Waals surface area contributed by atoms with Crippen molar-refractivity contribution in [2.45, 2.75) is 44.2 Å². The van der Waals surface area contributed by atoms with Crippen molar-refractivity contribution in [2.24, 2.45) is 0 Å². The van der Waals surface area contributed by atoms with Gasteiger partial charge in [0, 0.05) is 6.04 Å². The lowest BCUT2D eigenvalue weighted by Crippen LogP contribution is -2.28. The molecule has 19 heavy (non-hydrogen) atoms. The number of alkyl halides is 3. The summed E-state index contributed by atoms with van der Waals surface area (Å²) in [6.07, 6.45) is -2.18. The third kappa shape index (κ3) is 4.31. The predicted molar refractivity (Wildman–Crippen MR) is 65.0 cm³/mol. The molecule has 1 fully saturated rings. The van der Waals surface area contributed by atoms with Crippen LogP contribution in [0.1, 0.15) is 25.7 Å². The number of rotatable bonds is 3. The van der Waals surface area contributed by atoms with Gasteiger partial charge >= 0.3 is 6.36 Å². The summed E-state index contributed by atoms with van der Waals surface area (Å²) in [4.78, 5) is 0. The van der Waals surface area contributed by atoms with Crippen LogP contribution in [0.4, 0.5) is 18.9 Å². The summed E-state index contributed by atoms with van der Waals surface area (Å²) >= 11 is 0. The summed E-state index contributed by atoms with van der Waals surface area (Å²) in [5.74, 6) is -0.221. The minimum absolute atomic E-state index is 0.0707. The molecule has 0 unspecified atom stereocenters. The fraction of sp³-hybridized carbons (Fsp3) is 0.538. The Bertz CT molecular complexity index is 415. The van der Waals surface area contributed by atoms with Gasteiger partial charge in [-0.05, 0) is 37.8 Å². The predicted octanol–water partition coefficient (Wildman–Crippen LogP) is 3.30. The molecule has 0 heterocycles. The number of ether oxygens (including phenoxy) is 1. The van der Waals surface area contributed by atoms with Crippen LogP contribution in [0.15, 0.2) is 24.3 Å². The molecule has 3 nitrogen and oxygen atoms in total. The van der Waals surface area contributed by atoms with Gasteiger partial charge in [0.15, 0.2) is 5.75 Å². The number of para-hydroxylation sites is 2. The number of hydrogen-bond donors (Lipinski definition) is 2. The molecule has 1 aromatic rings. The van der Waals surface area contributed by atoms with Crippen molar-refractivity contribution in [1.29, 1.82) is 0 Å². The second kappa shape index (κ2) is 5.69. The molecule has 1 saturated carbocycles. The first-order valence-electron chi connectivity index (χ1n) is 6.23. The number of aliphatic hydroxyl groups is 1. The smallest absolute Gasteiger partial charge is 0.404 e. The van der Waals surface area contributed by atoms with Gasteiger partial charge in [0.25, 0.3) is 0 Å². The number of nitrogens with one attached hydrogen (secondary N) is 1. The minimum atomic E-state index is -4.69. The molecule has 0 aromatic heterocycles. The standard InChI is InChI=1S/C13H16F3NO2/c14-13(15,16)19-12-4-2-1-3-11(12)17-9-5-7-10(18)8-6-9/h1-4,9-10,17-18H,5-8H2. The summed E-state index contributed by atoms with van der Waals surface area (Å²) in [6, 6.07) is 6.07. The molecule has 2 rings (SSSR count). The molecular weight excluding hydrogens is 259 g/mol. The molecule has 0 saturated heterocycles. The molecule has 0 radical (unpaired) electrons. The van der Waals surface area contributed by atoms with Gasteiger partial charge in [-0.1, -0.05) is 12.1 Å². The Labute approximate surface area is 109 Å². The van der Waals surface area contributed by atoms with Crippen molar-refractivity contribution < 1.29 is 23.0 Å². The van der Waals surface area contributed by atoms with Crippen LogP contribution >= 0.6 is 0 Å². The summed E-state index contributed by atoms with van der Waals surface area (Å²) in [5.41, 5.74) is 0.334. The number of halogens is 3. The first-order valence-corrected chi connectivity index (χ1v) is 6.23. The molecule has 0 aliphatic heterocycles. The molecule has 0 bridgehead atoms. The molecule has 6 heteroatoms. The zero-order valence-corrected chi connectivity index (χ0v) is 10.3. The summed E-state index contributed by atoms with van der Waals surface area (Å²) < 4.78 is 40.8. The Balaban J connectivity index is 2.03. The zero-order valence-electron chi connectivity index (χ0n) is 10.3. The van der Waals surface area contributed by atoms with Crippen LogP contribution in [0.5, 0.6) is 5.75 Å². The van der Waals surface area contributed by atoms with Crippen LogP contribution in [-0.2, 0) is 0 Å². The molecule has 0 atom stereocenters. The van der Waals surface area contributed by atoms with Crippen LogP contribution < -0.4 is 10.1 Å². The first-order chi connectivity index (χ1) is 8.94. The Morgan fingerprint density at radius 3 is 2.37 bits per heavy atom. The number of benzene rings is 1. The normalized spacial score (nSPS) is 24.0. The van der Waals surface area contributed by atoms with E-state index in [1.165, 1.54) is 12.1 Å². The second-order valence-electron chi connectivity index (χ2n) is 4.69. The van der Waals surface area contributed by atoms with E-state index in [1.54, 1.807) is 12.1 Å². The molecular formula is C13H16F3NO2. The van der Waals surface area contributed by atoms with Gasteiger partial charge < -0.3 is 15.2 Å². The highest BCUT2D eigenvalue weighted by atomic mass is 19.4. The van der Waals surface area contributed by atoms with Gasteiger partial charge in [-0.25, -0.2) is 0 Å². The van der Waals surface area contributed by atoms with Crippen molar-refractivity contribution in [1.82, 2.24) is 0 Å². The third-order valence-corrected chi connectivity index (χ3v) is 3.17. The fourth-order valence-electron chi connectivity index (χ4n) is 2.24. The minimum Gasteiger partial charge on any atom is -0.404 e. The van der Waals surface area contributed by atoms with E-state index in [4.69, 9.17) is 0 Å². The van der Waals surface area contributed by atoms with Crippen molar-refractivity contribution in [3.63, 3.8) is 0 Å². The average molecular weight is 275 g/mol. The van der Waals surface area contributed by atoms with Gasteiger partial charge in [0.1, 0.15) is 0 Å². The van der Waals surface area contributed by atoms with Crippen LogP contribution in [0.2, 0.25) is 0 Å². The second-order valence-corrected chi connectivity index (χ2v) is 4.69. The van der Waals surface area contributed by atoms with Gasteiger partial charge in [-0.2, -0.15) is 0 Å². The molecule has 1 aliphatic rings. The Morgan fingerprint density at radius 1 is 1.11 bits per heavy atom. The van der Waals surface area contributed by atoms with Crippen molar-refractivity contribution >= 4 is 5.69 Å². The SMILES string of the molecule is OC1CCC(Nc2ccccc2OC(F)(F)F)CC1. The van der Waals surface area contributed by atoms with E-state index in [-0.39, 0.29) is 17.9 Å². The van der Waals surface area contributed by atoms with Crippen LogP contribution in [0.25, 0.3) is 0 Å². The van der Waals surface area contributed by atoms with E-state index in [0.29, 0.717) is 18.5 Å². The van der Waals surface area contributed by atoms with E-state index in [9.17, 15) is 18.3 Å². The van der Waals surface area contributed by atoms with E-state index in [0.717, 1.165) is 12.8 Å². The van der Waals surface area contributed by atoms with Crippen molar-refractivity contribution in [3.8, 4) is 5.75 Å². The quantitative estimate of drug-likeness (QED) is 0.889. The molecule has 2 N–H and O–H groups in total. The van der Waals surface area contributed by atoms with E-state index in [2.05, 4.69) is 10.1 Å². The number of hydrogen-bond acceptors (Lipinski definition) is 3. The lowest BCUT2D eigenvalue weighted by Gasteiger charge is -2.27. The summed E-state index contributed by atoms with van der Waals surface area (Å²) in [7, 11) is 0. The molecule has 0 spiro atoms. The monoisotopic (exact) mass is 275 g/mol. The highest BCUT2D eigenvalue weighted by Gasteiger charge is 2.32. The van der Waals surface area contributed by atoms with Crippen molar-refractivity contribution in [3.05, 3.63) is 24.3 Å². The summed E-state index contributed by atoms with van der Waals surface area (Å²) in [6.45, 7) is 0. The molecule has 1 aromatic carbocycles. The Hall–Kier alpha value is -1.43. The maximum atomic E-state index is 12.3. The third-order valence-electron chi connectivity index (χ3n) is 3.17. The number of anilines is 1. The van der Waals surface area contributed by atoms with Crippen LogP contribution in [-0.4, -0.2) is 23.6 Å². The maximum absolute atomic E-state index is 12.3. The summed E-state index contributed by atoms with van der Waals surface area (Å²) in [5, 5.41) is 12.5. The Kier molecular flexibility index (Phi) is 4.19.